The average molecular weight is 263 g/mol. The largest absolute Gasteiger partial charge is 0.480 e. The minimum atomic E-state index is -0.999. The topological polar surface area (TPSA) is 57.6 Å². The van der Waals surface area contributed by atoms with Gasteiger partial charge in [-0.15, -0.1) is 0 Å². The number of aliphatic carboxylic acids is 1. The summed E-state index contributed by atoms with van der Waals surface area (Å²) < 4.78 is 0. The van der Waals surface area contributed by atoms with E-state index in [1.807, 2.05) is 39.0 Å². The highest BCUT2D eigenvalue weighted by atomic mass is 16.4. The van der Waals surface area contributed by atoms with Gasteiger partial charge in [-0.3, -0.25) is 9.59 Å². The van der Waals surface area contributed by atoms with Crippen LogP contribution in [0.15, 0.2) is 24.3 Å². The summed E-state index contributed by atoms with van der Waals surface area (Å²) in [5, 5.41) is 9.00. The molecule has 0 bridgehead atoms. The second-order valence-electron chi connectivity index (χ2n) is 4.67. The van der Waals surface area contributed by atoms with Gasteiger partial charge in [-0.2, -0.15) is 0 Å². The quantitative estimate of drug-likeness (QED) is 0.858. The highest BCUT2D eigenvalue weighted by Crippen LogP contribution is 2.20. The summed E-state index contributed by atoms with van der Waals surface area (Å²) in [6, 6.07) is 7.36. The second-order valence-corrected chi connectivity index (χ2v) is 4.67. The maximum atomic E-state index is 12.4. The number of benzene rings is 1. The number of carboxylic acid groups (broad SMARTS) is 1. The van der Waals surface area contributed by atoms with E-state index in [4.69, 9.17) is 5.11 Å². The molecule has 0 aliphatic heterocycles. The van der Waals surface area contributed by atoms with Crippen molar-refractivity contribution in [3.8, 4) is 0 Å². The van der Waals surface area contributed by atoms with E-state index in [1.54, 1.807) is 6.07 Å². The van der Waals surface area contributed by atoms with Crippen LogP contribution in [0.1, 0.15) is 32.3 Å². The molecule has 1 rings (SSSR count). The van der Waals surface area contributed by atoms with E-state index in [2.05, 4.69) is 0 Å². The van der Waals surface area contributed by atoms with E-state index in [-0.39, 0.29) is 18.4 Å². The van der Waals surface area contributed by atoms with Crippen LogP contribution in [0.4, 0.5) is 5.69 Å². The first-order valence-electron chi connectivity index (χ1n) is 6.59. The molecule has 1 N–H and O–H groups in total. The van der Waals surface area contributed by atoms with E-state index in [0.29, 0.717) is 5.69 Å². The van der Waals surface area contributed by atoms with Crippen molar-refractivity contribution in [2.45, 2.75) is 33.6 Å². The van der Waals surface area contributed by atoms with E-state index < -0.39 is 5.97 Å². The van der Waals surface area contributed by atoms with Gasteiger partial charge in [-0.25, -0.2) is 0 Å². The van der Waals surface area contributed by atoms with Crippen LogP contribution >= 0.6 is 0 Å². The Bertz CT molecular complexity index is 452. The van der Waals surface area contributed by atoms with Crippen molar-refractivity contribution in [1.29, 1.82) is 0 Å². The minimum absolute atomic E-state index is 0.113. The average Bonchev–Trinajstić information content (AvgIpc) is 2.37. The highest BCUT2D eigenvalue weighted by Gasteiger charge is 2.24. The Morgan fingerprint density at radius 2 is 1.89 bits per heavy atom. The van der Waals surface area contributed by atoms with Gasteiger partial charge in [0.05, 0.1) is 0 Å². The summed E-state index contributed by atoms with van der Waals surface area (Å²) in [6.45, 7) is 5.52. The molecule has 0 unspecified atom stereocenters. The Morgan fingerprint density at radius 1 is 1.26 bits per heavy atom. The smallest absolute Gasteiger partial charge is 0.323 e. The second kappa shape index (κ2) is 6.92. The molecule has 0 heterocycles. The third kappa shape index (κ3) is 4.09. The number of hydrogen-bond acceptors (Lipinski definition) is 2. The summed E-state index contributed by atoms with van der Waals surface area (Å²) >= 11 is 0. The Morgan fingerprint density at radius 3 is 2.37 bits per heavy atom. The van der Waals surface area contributed by atoms with Crippen molar-refractivity contribution in [1.82, 2.24) is 0 Å². The summed E-state index contributed by atoms with van der Waals surface area (Å²) in [6.07, 6.45) is 1.44. The van der Waals surface area contributed by atoms with E-state index in [0.717, 1.165) is 18.4 Å². The monoisotopic (exact) mass is 263 g/mol. The number of amides is 1. The molecule has 19 heavy (non-hydrogen) atoms. The third-order valence-corrected chi connectivity index (χ3v) is 3.21. The number of carboxylic acids is 1. The van der Waals surface area contributed by atoms with E-state index in [1.165, 1.54) is 4.90 Å². The summed E-state index contributed by atoms with van der Waals surface area (Å²) in [5.41, 5.74) is 1.66. The van der Waals surface area contributed by atoms with Gasteiger partial charge in [0.25, 0.3) is 0 Å². The molecule has 0 aromatic heterocycles. The van der Waals surface area contributed by atoms with Gasteiger partial charge in [-0.05, 0) is 37.5 Å². The van der Waals surface area contributed by atoms with Crippen molar-refractivity contribution in [3.05, 3.63) is 29.8 Å². The zero-order valence-corrected chi connectivity index (χ0v) is 11.7. The van der Waals surface area contributed by atoms with Crippen molar-refractivity contribution in [2.24, 2.45) is 5.92 Å². The normalized spacial score (nSPS) is 10.5. The van der Waals surface area contributed by atoms with Gasteiger partial charge in [0.15, 0.2) is 0 Å². The highest BCUT2D eigenvalue weighted by molar-refractivity contribution is 5.98. The molecule has 0 saturated carbocycles. The molecule has 4 nitrogen and oxygen atoms in total. The lowest BCUT2D eigenvalue weighted by Crippen LogP contribution is -2.39. The lowest BCUT2D eigenvalue weighted by Gasteiger charge is -2.25. The van der Waals surface area contributed by atoms with Gasteiger partial charge in [0, 0.05) is 11.6 Å². The van der Waals surface area contributed by atoms with Gasteiger partial charge >= 0.3 is 5.97 Å². The number of hydrogen-bond donors (Lipinski definition) is 1. The maximum absolute atomic E-state index is 12.4. The molecule has 0 aliphatic rings. The first kappa shape index (κ1) is 15.2. The molecular weight excluding hydrogens is 242 g/mol. The van der Waals surface area contributed by atoms with E-state index >= 15 is 0 Å². The molecule has 0 atom stereocenters. The SMILES string of the molecule is CCC(CC)C(=O)N(CC(=O)O)c1cccc(C)c1. The van der Waals surface area contributed by atoms with Crippen molar-refractivity contribution >= 4 is 17.6 Å². The molecule has 1 aromatic carbocycles. The van der Waals surface area contributed by atoms with E-state index in [9.17, 15) is 9.59 Å². The molecule has 0 spiro atoms. The zero-order chi connectivity index (χ0) is 14.4. The lowest BCUT2D eigenvalue weighted by atomic mass is 10.0. The lowest BCUT2D eigenvalue weighted by molar-refractivity contribution is -0.137. The van der Waals surface area contributed by atoms with Crippen LogP contribution in [0.2, 0.25) is 0 Å². The van der Waals surface area contributed by atoms with Crippen molar-refractivity contribution in [3.63, 3.8) is 0 Å². The number of carbonyl (C=O) groups is 2. The van der Waals surface area contributed by atoms with Crippen LogP contribution < -0.4 is 4.90 Å². The molecule has 1 aromatic rings. The van der Waals surface area contributed by atoms with Gasteiger partial charge in [0.1, 0.15) is 6.54 Å². The third-order valence-electron chi connectivity index (χ3n) is 3.21. The van der Waals surface area contributed by atoms with Crippen LogP contribution in [0.25, 0.3) is 0 Å². The fraction of sp³-hybridized carbons (Fsp3) is 0.467. The molecule has 0 saturated heterocycles. The molecule has 4 heteroatoms. The predicted octanol–water partition coefficient (Wildman–Crippen LogP) is 2.85. The summed E-state index contributed by atoms with van der Waals surface area (Å²) in [7, 11) is 0. The molecule has 0 fully saturated rings. The molecular formula is C15H21NO3. The Kier molecular flexibility index (Phi) is 5.55. The number of anilines is 1. The van der Waals surface area contributed by atoms with Crippen LogP contribution in [0.3, 0.4) is 0 Å². The zero-order valence-electron chi connectivity index (χ0n) is 11.7. The van der Waals surface area contributed by atoms with Gasteiger partial charge in [-0.1, -0.05) is 26.0 Å². The Balaban J connectivity index is 3.07. The number of nitrogens with zero attached hydrogens (tertiary/aromatic N) is 1. The van der Waals surface area contributed by atoms with Gasteiger partial charge < -0.3 is 10.0 Å². The summed E-state index contributed by atoms with van der Waals surface area (Å²) in [5.74, 6) is -1.24. The molecule has 0 aliphatic carbocycles. The standard InChI is InChI=1S/C15H21NO3/c1-4-12(5-2)15(19)16(10-14(17)18)13-8-6-7-11(3)9-13/h6-9,12H,4-5,10H2,1-3H3,(H,17,18). The number of aryl methyl sites for hydroxylation is 1. The van der Waals surface area contributed by atoms with Crippen molar-refractivity contribution in [2.75, 3.05) is 11.4 Å². The first-order valence-corrected chi connectivity index (χ1v) is 6.59. The number of rotatable bonds is 6. The molecule has 104 valence electrons. The summed E-state index contributed by atoms with van der Waals surface area (Å²) in [4.78, 5) is 24.8. The fourth-order valence-corrected chi connectivity index (χ4v) is 2.09. The van der Waals surface area contributed by atoms with Gasteiger partial charge in [0.2, 0.25) is 5.91 Å². The van der Waals surface area contributed by atoms with Crippen LogP contribution in [0, 0.1) is 12.8 Å². The fourth-order valence-electron chi connectivity index (χ4n) is 2.09. The molecule has 1 amide bonds. The predicted molar refractivity (Wildman–Crippen MR) is 75.2 cm³/mol. The Labute approximate surface area is 114 Å². The van der Waals surface area contributed by atoms with Crippen LogP contribution in [0.5, 0.6) is 0 Å². The Hall–Kier alpha value is -1.84. The first-order chi connectivity index (χ1) is 8.99. The maximum Gasteiger partial charge on any atom is 0.323 e. The molecule has 0 radical (unpaired) electrons. The number of carbonyl (C=O) groups excluding carboxylic acids is 1. The minimum Gasteiger partial charge on any atom is -0.480 e. The van der Waals surface area contributed by atoms with Crippen LogP contribution in [-0.2, 0) is 9.59 Å². The van der Waals surface area contributed by atoms with Crippen molar-refractivity contribution < 1.29 is 14.7 Å². The van der Waals surface area contributed by atoms with Crippen LogP contribution in [-0.4, -0.2) is 23.5 Å².